The van der Waals surface area contributed by atoms with Crippen molar-refractivity contribution >= 4 is 0 Å². The van der Waals surface area contributed by atoms with Crippen molar-refractivity contribution in [1.29, 1.82) is 0 Å². The Labute approximate surface area is 49.5 Å². The zero-order chi connectivity index (χ0) is 6.69. The Morgan fingerprint density at radius 1 is 2.00 bits per heavy atom. The van der Waals surface area contributed by atoms with E-state index in [1.165, 1.54) is 0 Å². The minimum absolute atomic E-state index is 0.275. The maximum Gasteiger partial charge on any atom is 0.0880 e. The Kier molecular flexibility index (Phi) is 1.24. The van der Waals surface area contributed by atoms with Crippen molar-refractivity contribution in [2.45, 2.75) is 19.8 Å². The molecule has 1 heterocycles. The van der Waals surface area contributed by atoms with Gasteiger partial charge in [-0.25, -0.2) is 0 Å². The number of aryl methyl sites for hydroxylation is 1. The third-order valence-electron chi connectivity index (χ3n) is 0.920. The molecule has 0 aliphatic carbocycles. The van der Waals surface area contributed by atoms with Gasteiger partial charge in [-0.2, -0.15) is 0 Å². The molecule has 0 aliphatic rings. The minimum Gasteiger partial charge on any atom is -0.262 e. The first-order valence-corrected chi connectivity index (χ1v) is 2.71. The van der Waals surface area contributed by atoms with Crippen LogP contribution in [0.4, 0.5) is 0 Å². The van der Waals surface area contributed by atoms with Gasteiger partial charge in [0.1, 0.15) is 0 Å². The van der Waals surface area contributed by atoms with Crippen LogP contribution in [0.3, 0.4) is 0 Å². The summed E-state index contributed by atoms with van der Waals surface area (Å²) in [6.07, 6.45) is 2.17. The monoisotopic (exact) mass is 112 g/mol. The molecule has 0 radical (unpaired) electrons. The van der Waals surface area contributed by atoms with Crippen molar-refractivity contribution in [3.05, 3.63) is 11.9 Å². The fourth-order valence-electron chi connectivity index (χ4n) is 0.558. The molecular formula is C5H9N3. The van der Waals surface area contributed by atoms with Gasteiger partial charge >= 0.3 is 0 Å². The highest BCUT2D eigenvalue weighted by atomic mass is 15.3. The van der Waals surface area contributed by atoms with Crippen LogP contribution in [-0.2, 0) is 6.42 Å². The molecule has 0 aromatic carbocycles. The fraction of sp³-hybridized carbons (Fsp3) is 0.600. The van der Waals surface area contributed by atoms with E-state index < -0.39 is 0 Å². The van der Waals surface area contributed by atoms with Crippen molar-refractivity contribution in [3.63, 3.8) is 0 Å². The second-order valence-electron chi connectivity index (χ2n) is 1.65. The molecule has 0 bridgehead atoms. The van der Waals surface area contributed by atoms with Crippen molar-refractivity contribution in [1.82, 2.24) is 15.4 Å². The van der Waals surface area contributed by atoms with Crippen molar-refractivity contribution in [2.24, 2.45) is 0 Å². The van der Waals surface area contributed by atoms with Gasteiger partial charge in [0.05, 0.1) is 13.2 Å². The molecule has 3 heteroatoms. The lowest BCUT2D eigenvalue weighted by Crippen LogP contribution is -1.80. The molecular weight excluding hydrogens is 102 g/mol. The zero-order valence-electron chi connectivity index (χ0n) is 5.81. The van der Waals surface area contributed by atoms with Gasteiger partial charge in [0.15, 0.2) is 0 Å². The first kappa shape index (κ1) is 4.06. The lowest BCUT2D eigenvalue weighted by Gasteiger charge is -1.84. The van der Waals surface area contributed by atoms with Gasteiger partial charge in [0.2, 0.25) is 0 Å². The molecule has 0 aliphatic heterocycles. The van der Waals surface area contributed by atoms with E-state index >= 15 is 0 Å². The summed E-state index contributed by atoms with van der Waals surface area (Å²) in [7, 11) is 0. The summed E-state index contributed by atoms with van der Waals surface area (Å²) >= 11 is 0. The molecule has 1 N–H and O–H groups in total. The summed E-state index contributed by atoms with van der Waals surface area (Å²) in [6, 6.07) is 0. The second kappa shape index (κ2) is 2.45. The maximum absolute atomic E-state index is 7.15. The Hall–Kier alpha value is -0.860. The molecule has 0 spiro atoms. The topological polar surface area (TPSA) is 41.6 Å². The van der Waals surface area contributed by atoms with E-state index in [1.807, 2.05) is 0 Å². The lowest BCUT2D eigenvalue weighted by molar-refractivity contribution is 0.853. The van der Waals surface area contributed by atoms with Crippen molar-refractivity contribution < 1.29 is 1.37 Å². The van der Waals surface area contributed by atoms with Gasteiger partial charge in [-0.1, -0.05) is 18.6 Å². The first-order chi connectivity index (χ1) is 4.34. The van der Waals surface area contributed by atoms with Crippen LogP contribution in [0.25, 0.3) is 0 Å². The molecule has 0 saturated carbocycles. The third-order valence-corrected chi connectivity index (χ3v) is 0.920. The highest BCUT2D eigenvalue weighted by Crippen LogP contribution is 1.92. The molecule has 0 amide bonds. The third kappa shape index (κ3) is 1.05. The van der Waals surface area contributed by atoms with Gasteiger partial charge in [0.25, 0.3) is 0 Å². The normalized spacial score (nSPS) is 11.4. The van der Waals surface area contributed by atoms with Crippen LogP contribution in [0.1, 0.15) is 20.4 Å². The Bertz CT molecular complexity index is 184. The first-order valence-electron chi connectivity index (χ1n) is 3.21. The average Bonchev–Trinajstić information content (AvgIpc) is 2.18. The van der Waals surface area contributed by atoms with E-state index in [0.717, 1.165) is 18.5 Å². The van der Waals surface area contributed by atoms with Crippen LogP contribution < -0.4 is 0 Å². The molecule has 0 saturated heterocycles. The Balaban J connectivity index is 2.69. The molecule has 8 heavy (non-hydrogen) atoms. The second-order valence-corrected chi connectivity index (χ2v) is 1.65. The van der Waals surface area contributed by atoms with Crippen molar-refractivity contribution in [3.8, 4) is 0 Å². The van der Waals surface area contributed by atoms with Crippen LogP contribution in [0.15, 0.2) is 6.17 Å². The predicted molar refractivity (Wildman–Crippen MR) is 30.4 cm³/mol. The quantitative estimate of drug-likeness (QED) is 0.613. The number of rotatable bonds is 2. The summed E-state index contributed by atoms with van der Waals surface area (Å²) < 4.78 is 7.15. The molecule has 1 aromatic rings. The molecule has 0 atom stereocenters. The predicted octanol–water partition coefficient (Wildman–Crippen LogP) is 0.757. The smallest absolute Gasteiger partial charge is 0.0880 e. The maximum atomic E-state index is 7.15. The molecule has 0 unspecified atom stereocenters. The SMILES string of the molecule is [2H]c1nn[nH]c1CCC. The number of nitrogens with one attached hydrogen (secondary N) is 1. The number of hydrogen-bond acceptors (Lipinski definition) is 2. The van der Waals surface area contributed by atoms with Gasteiger partial charge < -0.3 is 0 Å². The Morgan fingerprint density at radius 2 is 2.88 bits per heavy atom. The summed E-state index contributed by atoms with van der Waals surface area (Å²) in [5.41, 5.74) is 0.831. The van der Waals surface area contributed by atoms with Gasteiger partial charge in [-0.3, -0.25) is 5.10 Å². The van der Waals surface area contributed by atoms with Crippen LogP contribution in [0, 0.1) is 0 Å². The fourth-order valence-corrected chi connectivity index (χ4v) is 0.558. The largest absolute Gasteiger partial charge is 0.262 e. The lowest BCUT2D eigenvalue weighted by atomic mass is 10.3. The van der Waals surface area contributed by atoms with Crippen molar-refractivity contribution in [2.75, 3.05) is 0 Å². The summed E-state index contributed by atoms with van der Waals surface area (Å²) in [5.74, 6) is 0. The van der Waals surface area contributed by atoms with Crippen LogP contribution in [0.2, 0.25) is 0 Å². The number of nitrogens with zero attached hydrogens (tertiary/aromatic N) is 2. The molecule has 0 fully saturated rings. The number of H-pyrrole nitrogens is 1. The van der Waals surface area contributed by atoms with Crippen LogP contribution >= 0.6 is 0 Å². The molecule has 3 nitrogen and oxygen atoms in total. The molecule has 1 rings (SSSR count). The van der Waals surface area contributed by atoms with Gasteiger partial charge in [0, 0.05) is 0 Å². The minimum atomic E-state index is 0.275. The summed E-state index contributed by atoms with van der Waals surface area (Å²) in [6.45, 7) is 2.06. The molecule has 1 aromatic heterocycles. The van der Waals surface area contributed by atoms with E-state index in [9.17, 15) is 0 Å². The number of aromatic nitrogens is 3. The van der Waals surface area contributed by atoms with E-state index in [-0.39, 0.29) is 6.17 Å². The standard InChI is InChI=1S/C5H9N3/c1-2-3-5-4-6-8-7-5/h4H,2-3H2,1H3,(H,6,7,8)/i4D. The highest BCUT2D eigenvalue weighted by molar-refractivity contribution is 4.89. The number of hydrogen-bond donors (Lipinski definition) is 1. The van der Waals surface area contributed by atoms with Gasteiger partial charge in [-0.05, 0) is 6.42 Å². The summed E-state index contributed by atoms with van der Waals surface area (Å²) in [4.78, 5) is 0. The van der Waals surface area contributed by atoms with Crippen LogP contribution in [0.5, 0.6) is 0 Å². The van der Waals surface area contributed by atoms with Gasteiger partial charge in [-0.15, -0.1) is 5.10 Å². The molecule has 44 valence electrons. The van der Waals surface area contributed by atoms with E-state index in [2.05, 4.69) is 22.3 Å². The zero-order valence-corrected chi connectivity index (χ0v) is 4.81. The van der Waals surface area contributed by atoms with E-state index in [1.54, 1.807) is 0 Å². The average molecular weight is 112 g/mol. The summed E-state index contributed by atoms with van der Waals surface area (Å²) in [5, 5.41) is 9.63. The van der Waals surface area contributed by atoms with E-state index in [4.69, 9.17) is 1.37 Å². The van der Waals surface area contributed by atoms with E-state index in [0.29, 0.717) is 0 Å². The van der Waals surface area contributed by atoms with Crippen LogP contribution in [-0.4, -0.2) is 15.4 Å². The highest BCUT2D eigenvalue weighted by Gasteiger charge is 1.88. The number of aromatic amines is 1. The Morgan fingerprint density at radius 3 is 3.38 bits per heavy atom.